The maximum absolute atomic E-state index is 5.60. The minimum Gasteiger partial charge on any atom is -0.430 e. The topological polar surface area (TPSA) is 35.0 Å². The summed E-state index contributed by atoms with van der Waals surface area (Å²) in [7, 11) is 0. The molecule has 2 rings (SSSR count). The van der Waals surface area contributed by atoms with Gasteiger partial charge in [0, 0.05) is 0 Å². The predicted molar refractivity (Wildman–Crippen MR) is 56.0 cm³/mol. The molecule has 0 aliphatic carbocycles. The molecule has 0 unspecified atom stereocenters. The van der Waals surface area contributed by atoms with E-state index >= 15 is 0 Å². The zero-order valence-corrected chi connectivity index (χ0v) is 8.76. The zero-order valence-electron chi connectivity index (χ0n) is 7.18. The van der Waals surface area contributed by atoms with Crippen molar-refractivity contribution < 1.29 is 4.74 Å². The van der Waals surface area contributed by atoms with Gasteiger partial charge < -0.3 is 4.74 Å². The highest BCUT2D eigenvalue weighted by Crippen LogP contribution is 2.24. The Morgan fingerprint density at radius 2 is 2.00 bits per heavy atom. The van der Waals surface area contributed by atoms with E-state index < -0.39 is 0 Å². The fourth-order valence-corrected chi connectivity index (χ4v) is 1.70. The first kappa shape index (κ1) is 9.43. The molecule has 0 fully saturated rings. The second kappa shape index (κ2) is 4.39. The van der Waals surface area contributed by atoms with Gasteiger partial charge in [-0.25, -0.2) is 0 Å². The molecule has 1 aromatic carbocycles. The molecule has 14 heavy (non-hydrogen) atoms. The first-order valence-corrected chi connectivity index (χ1v) is 5.35. The lowest BCUT2D eigenvalue weighted by molar-refractivity contribution is 0.473. The number of aromatic nitrogens is 2. The van der Waals surface area contributed by atoms with Gasteiger partial charge in [0.1, 0.15) is 10.8 Å². The molecule has 0 bridgehead atoms. The molecule has 0 radical (unpaired) electrons. The summed E-state index contributed by atoms with van der Waals surface area (Å²) in [5, 5.41) is 8.97. The van der Waals surface area contributed by atoms with Crippen molar-refractivity contribution in [3.8, 4) is 10.9 Å². The normalized spacial score (nSPS) is 10.1. The van der Waals surface area contributed by atoms with E-state index in [0.29, 0.717) is 11.1 Å². The van der Waals surface area contributed by atoms with Crippen LogP contribution in [-0.4, -0.2) is 10.2 Å². The molecule has 0 aliphatic rings. The molecule has 2 aromatic rings. The Labute approximate surface area is 90.3 Å². The van der Waals surface area contributed by atoms with E-state index in [4.69, 9.17) is 16.3 Å². The fraction of sp³-hybridized carbons (Fsp3) is 0.111. The van der Waals surface area contributed by atoms with Gasteiger partial charge in [0.05, 0.1) is 5.88 Å². The summed E-state index contributed by atoms with van der Waals surface area (Å²) in [5.74, 6) is 1.13. The summed E-state index contributed by atoms with van der Waals surface area (Å²) in [5.41, 5.74) is 0. The summed E-state index contributed by atoms with van der Waals surface area (Å²) >= 11 is 6.95. The van der Waals surface area contributed by atoms with Gasteiger partial charge in [0.2, 0.25) is 0 Å². The van der Waals surface area contributed by atoms with Gasteiger partial charge in [-0.15, -0.1) is 16.7 Å². The number of para-hydroxylation sites is 1. The van der Waals surface area contributed by atoms with Gasteiger partial charge in [-0.2, -0.15) is 0 Å². The van der Waals surface area contributed by atoms with Crippen molar-refractivity contribution in [2.24, 2.45) is 0 Å². The number of rotatable bonds is 3. The molecule has 0 atom stereocenters. The summed E-state index contributed by atoms with van der Waals surface area (Å²) < 4.78 is 5.45. The number of nitrogens with zero attached hydrogens (tertiary/aromatic N) is 2. The van der Waals surface area contributed by atoms with E-state index in [2.05, 4.69) is 10.2 Å². The number of hydrogen-bond acceptors (Lipinski definition) is 4. The molecular weight excluding hydrogens is 220 g/mol. The molecule has 0 N–H and O–H groups in total. The average Bonchev–Trinajstić information content (AvgIpc) is 2.67. The van der Waals surface area contributed by atoms with Crippen LogP contribution in [0.5, 0.6) is 10.9 Å². The highest BCUT2D eigenvalue weighted by atomic mass is 35.5. The van der Waals surface area contributed by atoms with Crippen molar-refractivity contribution in [2.45, 2.75) is 5.88 Å². The molecule has 3 nitrogen and oxygen atoms in total. The van der Waals surface area contributed by atoms with Crippen molar-refractivity contribution in [3.05, 3.63) is 35.3 Å². The Kier molecular flexibility index (Phi) is 2.96. The SMILES string of the molecule is ClCc1nnc(Oc2ccccc2)s1. The standard InChI is InChI=1S/C9H7ClN2OS/c10-6-8-11-12-9(14-8)13-7-4-2-1-3-5-7/h1-5H,6H2. The van der Waals surface area contributed by atoms with Gasteiger partial charge in [0.15, 0.2) is 0 Å². The maximum atomic E-state index is 5.60. The Balaban J connectivity index is 2.11. The molecule has 0 amide bonds. The van der Waals surface area contributed by atoms with Crippen LogP contribution in [0.1, 0.15) is 5.01 Å². The first-order chi connectivity index (χ1) is 6.88. The van der Waals surface area contributed by atoms with Gasteiger partial charge in [-0.1, -0.05) is 34.6 Å². The minimum atomic E-state index is 0.371. The van der Waals surface area contributed by atoms with Crippen LogP contribution in [0.2, 0.25) is 0 Å². The van der Waals surface area contributed by atoms with E-state index in [1.165, 1.54) is 11.3 Å². The van der Waals surface area contributed by atoms with E-state index in [-0.39, 0.29) is 0 Å². The number of halogens is 1. The molecule has 1 heterocycles. The molecular formula is C9H7ClN2OS. The molecule has 0 spiro atoms. The lowest BCUT2D eigenvalue weighted by Gasteiger charge is -1.98. The van der Waals surface area contributed by atoms with Crippen LogP contribution in [0.4, 0.5) is 0 Å². The van der Waals surface area contributed by atoms with E-state index in [0.717, 1.165) is 10.8 Å². The first-order valence-electron chi connectivity index (χ1n) is 4.00. The van der Waals surface area contributed by atoms with Crippen molar-refractivity contribution >= 4 is 22.9 Å². The Morgan fingerprint density at radius 1 is 1.21 bits per heavy atom. The van der Waals surface area contributed by atoms with Crippen LogP contribution < -0.4 is 4.74 Å². The third kappa shape index (κ3) is 2.21. The van der Waals surface area contributed by atoms with Gasteiger partial charge in [-0.05, 0) is 12.1 Å². The summed E-state index contributed by atoms with van der Waals surface area (Å²) in [6.45, 7) is 0. The predicted octanol–water partition coefficient (Wildman–Crippen LogP) is 3.07. The monoisotopic (exact) mass is 226 g/mol. The fourth-order valence-electron chi connectivity index (χ4n) is 0.923. The van der Waals surface area contributed by atoms with Crippen LogP contribution in [0.15, 0.2) is 30.3 Å². The minimum absolute atomic E-state index is 0.371. The van der Waals surface area contributed by atoms with Crippen LogP contribution in [0.3, 0.4) is 0 Å². The number of ether oxygens (including phenoxy) is 1. The third-order valence-electron chi connectivity index (χ3n) is 1.51. The van der Waals surface area contributed by atoms with Crippen LogP contribution >= 0.6 is 22.9 Å². The molecule has 1 aromatic heterocycles. The van der Waals surface area contributed by atoms with E-state index in [1.54, 1.807) is 0 Å². The van der Waals surface area contributed by atoms with Gasteiger partial charge in [-0.3, -0.25) is 0 Å². The Morgan fingerprint density at radius 3 is 2.64 bits per heavy atom. The smallest absolute Gasteiger partial charge is 0.299 e. The second-order valence-corrected chi connectivity index (χ2v) is 3.80. The number of hydrogen-bond donors (Lipinski definition) is 0. The Hall–Kier alpha value is -1.13. The lowest BCUT2D eigenvalue weighted by Crippen LogP contribution is -1.81. The number of alkyl halides is 1. The molecule has 5 heteroatoms. The van der Waals surface area contributed by atoms with E-state index in [1.807, 2.05) is 30.3 Å². The molecule has 0 aliphatic heterocycles. The summed E-state index contributed by atoms with van der Waals surface area (Å²) in [6, 6.07) is 9.46. The highest BCUT2D eigenvalue weighted by Gasteiger charge is 2.04. The van der Waals surface area contributed by atoms with Crippen molar-refractivity contribution in [3.63, 3.8) is 0 Å². The molecule has 0 saturated carbocycles. The highest BCUT2D eigenvalue weighted by molar-refractivity contribution is 7.13. The summed E-state index contributed by atoms with van der Waals surface area (Å²) in [6.07, 6.45) is 0. The molecule has 72 valence electrons. The van der Waals surface area contributed by atoms with Crippen LogP contribution in [0, 0.1) is 0 Å². The second-order valence-electron chi connectivity index (χ2n) is 2.51. The van der Waals surface area contributed by atoms with E-state index in [9.17, 15) is 0 Å². The Bertz CT molecular complexity index is 404. The van der Waals surface area contributed by atoms with Crippen LogP contribution in [0.25, 0.3) is 0 Å². The number of benzene rings is 1. The van der Waals surface area contributed by atoms with Crippen LogP contribution in [-0.2, 0) is 5.88 Å². The largest absolute Gasteiger partial charge is 0.430 e. The van der Waals surface area contributed by atoms with Crippen molar-refractivity contribution in [1.82, 2.24) is 10.2 Å². The maximum Gasteiger partial charge on any atom is 0.299 e. The third-order valence-corrected chi connectivity index (χ3v) is 2.72. The van der Waals surface area contributed by atoms with Gasteiger partial charge in [0.25, 0.3) is 5.19 Å². The lowest BCUT2D eigenvalue weighted by atomic mass is 10.3. The summed E-state index contributed by atoms with van der Waals surface area (Å²) in [4.78, 5) is 0. The zero-order chi connectivity index (χ0) is 9.80. The van der Waals surface area contributed by atoms with Crippen molar-refractivity contribution in [1.29, 1.82) is 0 Å². The molecule has 0 saturated heterocycles. The quantitative estimate of drug-likeness (QED) is 0.755. The van der Waals surface area contributed by atoms with Gasteiger partial charge >= 0.3 is 0 Å². The van der Waals surface area contributed by atoms with Crippen molar-refractivity contribution in [2.75, 3.05) is 0 Å². The average molecular weight is 227 g/mol.